The monoisotopic (exact) mass is 506 g/mol. The van der Waals surface area contributed by atoms with Crippen molar-refractivity contribution in [1.29, 1.82) is 0 Å². The molecule has 0 bridgehead atoms. The van der Waals surface area contributed by atoms with E-state index in [0.29, 0.717) is 28.2 Å². The molecule has 1 fully saturated rings. The van der Waals surface area contributed by atoms with E-state index < -0.39 is 0 Å². The van der Waals surface area contributed by atoms with Gasteiger partial charge in [-0.05, 0) is 64.2 Å². The second-order valence-electron chi connectivity index (χ2n) is 10.2. The summed E-state index contributed by atoms with van der Waals surface area (Å²) >= 11 is 0. The molecule has 192 valence electrons. The van der Waals surface area contributed by atoms with E-state index in [2.05, 4.69) is 17.2 Å². The highest BCUT2D eigenvalue weighted by atomic mass is 16.5. The Balaban J connectivity index is 1.40. The van der Waals surface area contributed by atoms with Crippen molar-refractivity contribution in [2.75, 3.05) is 13.2 Å². The predicted octanol–water partition coefficient (Wildman–Crippen LogP) is 5.79. The Morgan fingerprint density at radius 3 is 1.45 bits per heavy atom. The van der Waals surface area contributed by atoms with Crippen LogP contribution in [0.4, 0.5) is 0 Å². The summed E-state index contributed by atoms with van der Waals surface area (Å²) in [6.45, 7) is 4.48. The number of rotatable bonds is 0. The molecule has 1 aliphatic carbocycles. The van der Waals surface area contributed by atoms with Gasteiger partial charge in [0.15, 0.2) is 0 Å². The van der Waals surface area contributed by atoms with E-state index in [0.717, 1.165) is 47.2 Å². The Morgan fingerprint density at radius 1 is 0.632 bits per heavy atom. The number of carbonyl (C=O) groups excluding carboxylic acids is 2. The SMILES string of the molecule is C=C1COc2cc3ccccc3cc2C(=O)N[C@H]2CCCC[C@@H]2NC(=O)c2cc3ccccc3cc2OC1. The van der Waals surface area contributed by atoms with Crippen LogP contribution in [0.15, 0.2) is 84.9 Å². The maximum atomic E-state index is 13.6. The minimum Gasteiger partial charge on any atom is -0.488 e. The molecule has 4 aromatic rings. The first-order valence-corrected chi connectivity index (χ1v) is 13.1. The molecule has 1 heterocycles. The summed E-state index contributed by atoms with van der Waals surface area (Å²) in [5, 5.41) is 10.3. The Labute approximate surface area is 221 Å². The van der Waals surface area contributed by atoms with Gasteiger partial charge in [-0.2, -0.15) is 0 Å². The molecule has 38 heavy (non-hydrogen) atoms. The minimum absolute atomic E-state index is 0.180. The highest BCUT2D eigenvalue weighted by Crippen LogP contribution is 2.30. The largest absolute Gasteiger partial charge is 0.488 e. The van der Waals surface area contributed by atoms with Crippen molar-refractivity contribution >= 4 is 33.4 Å². The van der Waals surface area contributed by atoms with Crippen LogP contribution in [0.1, 0.15) is 46.4 Å². The van der Waals surface area contributed by atoms with Crippen LogP contribution in [0.3, 0.4) is 0 Å². The van der Waals surface area contributed by atoms with Gasteiger partial charge < -0.3 is 20.1 Å². The van der Waals surface area contributed by atoms with Gasteiger partial charge in [-0.3, -0.25) is 9.59 Å². The lowest BCUT2D eigenvalue weighted by molar-refractivity contribution is 0.0859. The van der Waals surface area contributed by atoms with Crippen LogP contribution in [-0.4, -0.2) is 37.1 Å². The average molecular weight is 507 g/mol. The maximum Gasteiger partial charge on any atom is 0.255 e. The van der Waals surface area contributed by atoms with Crippen LogP contribution in [0.25, 0.3) is 21.5 Å². The summed E-state index contributed by atoms with van der Waals surface area (Å²) in [4.78, 5) is 27.2. The molecular formula is C32H30N2O4. The van der Waals surface area contributed by atoms with Gasteiger partial charge in [0.05, 0.1) is 11.1 Å². The van der Waals surface area contributed by atoms with Gasteiger partial charge in [-0.15, -0.1) is 0 Å². The molecule has 6 heteroatoms. The lowest BCUT2D eigenvalue weighted by atomic mass is 9.89. The lowest BCUT2D eigenvalue weighted by Crippen LogP contribution is -2.53. The summed E-state index contributed by atoms with van der Waals surface area (Å²) in [6.07, 6.45) is 3.56. The maximum absolute atomic E-state index is 13.6. The summed E-state index contributed by atoms with van der Waals surface area (Å²) in [6, 6.07) is 23.0. The van der Waals surface area contributed by atoms with Crippen LogP contribution in [-0.2, 0) is 0 Å². The second kappa shape index (κ2) is 10.2. The molecular weight excluding hydrogens is 476 g/mol. The Bertz CT molecular complexity index is 1440. The first-order valence-electron chi connectivity index (χ1n) is 13.1. The van der Waals surface area contributed by atoms with E-state index in [9.17, 15) is 9.59 Å². The zero-order chi connectivity index (χ0) is 26.1. The zero-order valence-corrected chi connectivity index (χ0v) is 21.2. The van der Waals surface area contributed by atoms with E-state index in [1.807, 2.05) is 72.8 Å². The third-order valence-corrected chi connectivity index (χ3v) is 7.45. The van der Waals surface area contributed by atoms with E-state index in [4.69, 9.17) is 9.47 Å². The number of nitrogens with one attached hydrogen (secondary N) is 2. The standard InChI is InChI=1S/C32H30N2O4/c1-20-18-37-29-16-23-10-4-2-8-21(23)14-25(29)31(35)33-27-12-6-7-13-28(27)34-32(36)26-15-22-9-3-5-11-24(22)17-30(26)38-19-20/h2-5,8-11,14-17,27-28H,1,6-7,12-13,18-19H2,(H,33,35)(H,34,36)/t27-,28-/m0/s1. The fourth-order valence-corrected chi connectivity index (χ4v) is 5.40. The first kappa shape index (κ1) is 24.0. The summed E-state index contributed by atoms with van der Waals surface area (Å²) in [5.74, 6) is 0.583. The van der Waals surface area contributed by atoms with Crippen molar-refractivity contribution in [3.8, 4) is 11.5 Å². The van der Waals surface area contributed by atoms with Crippen LogP contribution < -0.4 is 20.1 Å². The molecule has 4 aromatic carbocycles. The number of hydrogen-bond donors (Lipinski definition) is 2. The molecule has 0 unspecified atom stereocenters. The van der Waals surface area contributed by atoms with E-state index in [1.165, 1.54) is 0 Å². The van der Waals surface area contributed by atoms with Crippen molar-refractivity contribution in [2.45, 2.75) is 37.8 Å². The van der Waals surface area contributed by atoms with Gasteiger partial charge in [0, 0.05) is 12.1 Å². The van der Waals surface area contributed by atoms with Crippen LogP contribution in [0.2, 0.25) is 0 Å². The van der Waals surface area contributed by atoms with Crippen molar-refractivity contribution in [3.05, 3.63) is 96.1 Å². The minimum atomic E-state index is -0.208. The van der Waals surface area contributed by atoms with Gasteiger partial charge in [-0.25, -0.2) is 0 Å². The molecule has 0 spiro atoms. The van der Waals surface area contributed by atoms with E-state index in [1.54, 1.807) is 0 Å². The van der Waals surface area contributed by atoms with Crippen LogP contribution in [0, 0.1) is 0 Å². The molecule has 0 radical (unpaired) electrons. The van der Waals surface area contributed by atoms with Gasteiger partial charge in [0.1, 0.15) is 24.7 Å². The van der Waals surface area contributed by atoms with Crippen molar-refractivity contribution < 1.29 is 19.1 Å². The van der Waals surface area contributed by atoms with Gasteiger partial charge >= 0.3 is 0 Å². The molecule has 2 atom stereocenters. The number of benzene rings is 4. The van der Waals surface area contributed by atoms with Gasteiger partial charge in [-0.1, -0.05) is 68.0 Å². The Kier molecular flexibility index (Phi) is 6.46. The van der Waals surface area contributed by atoms with Crippen LogP contribution in [0.5, 0.6) is 11.5 Å². The molecule has 6 nitrogen and oxygen atoms in total. The number of carbonyl (C=O) groups is 2. The number of amides is 2. The normalized spacial score (nSPS) is 20.5. The molecule has 0 aromatic heterocycles. The number of hydrogen-bond acceptors (Lipinski definition) is 4. The van der Waals surface area contributed by atoms with Crippen molar-refractivity contribution in [2.24, 2.45) is 0 Å². The van der Waals surface area contributed by atoms with E-state index in [-0.39, 0.29) is 37.1 Å². The van der Waals surface area contributed by atoms with Crippen molar-refractivity contribution in [3.63, 3.8) is 0 Å². The van der Waals surface area contributed by atoms with E-state index >= 15 is 0 Å². The van der Waals surface area contributed by atoms with Gasteiger partial charge in [0.25, 0.3) is 11.8 Å². The molecule has 1 aliphatic heterocycles. The van der Waals surface area contributed by atoms with Gasteiger partial charge in [0.2, 0.25) is 0 Å². The number of fused-ring (bicyclic) bond motifs is 5. The van der Waals surface area contributed by atoms with Crippen LogP contribution >= 0.6 is 0 Å². The zero-order valence-electron chi connectivity index (χ0n) is 21.2. The smallest absolute Gasteiger partial charge is 0.255 e. The molecule has 2 N–H and O–H groups in total. The molecule has 2 amide bonds. The Hall–Kier alpha value is -4.32. The first-order chi connectivity index (χ1) is 18.5. The highest BCUT2D eigenvalue weighted by Gasteiger charge is 2.30. The third-order valence-electron chi connectivity index (χ3n) is 7.45. The molecule has 2 aliphatic rings. The Morgan fingerprint density at radius 2 is 1.03 bits per heavy atom. The fourth-order valence-electron chi connectivity index (χ4n) is 5.40. The fraction of sp³-hybridized carbons (Fsp3) is 0.250. The quantitative estimate of drug-likeness (QED) is 0.296. The topological polar surface area (TPSA) is 76.7 Å². The molecule has 6 rings (SSSR count). The lowest BCUT2D eigenvalue weighted by Gasteiger charge is -2.33. The predicted molar refractivity (Wildman–Crippen MR) is 149 cm³/mol. The summed E-state index contributed by atoms with van der Waals surface area (Å²) in [5.41, 5.74) is 1.63. The third kappa shape index (κ3) is 4.82. The number of ether oxygens (including phenoxy) is 2. The van der Waals surface area contributed by atoms with Crippen molar-refractivity contribution in [1.82, 2.24) is 10.6 Å². The molecule has 0 saturated heterocycles. The summed E-state index contributed by atoms with van der Waals surface area (Å²) in [7, 11) is 0. The average Bonchev–Trinajstić information content (AvgIpc) is 2.94. The second-order valence-corrected chi connectivity index (χ2v) is 10.2. The highest BCUT2D eigenvalue weighted by molar-refractivity contribution is 6.03. The summed E-state index contributed by atoms with van der Waals surface area (Å²) < 4.78 is 12.3. The molecule has 1 saturated carbocycles.